The van der Waals surface area contributed by atoms with Crippen molar-refractivity contribution in [2.24, 2.45) is 0 Å². The van der Waals surface area contributed by atoms with Gasteiger partial charge in [0, 0.05) is 11.6 Å². The number of hydrogen-bond donors (Lipinski definition) is 2. The topological polar surface area (TPSA) is 83.6 Å². The number of pyridine rings is 1. The maximum atomic E-state index is 11.9. The Labute approximate surface area is 105 Å². The lowest BCUT2D eigenvalue weighted by Crippen LogP contribution is -2.15. The van der Waals surface area contributed by atoms with Gasteiger partial charge in [-0.25, -0.2) is 9.97 Å². The van der Waals surface area contributed by atoms with Gasteiger partial charge in [0.2, 0.25) is 5.82 Å². The van der Waals surface area contributed by atoms with Gasteiger partial charge >= 0.3 is 0 Å². The first-order valence-electron chi connectivity index (χ1n) is 5.73. The molecule has 0 atom stereocenters. The minimum absolute atomic E-state index is 0.127. The van der Waals surface area contributed by atoms with Crippen LogP contribution in [0, 0.1) is 6.92 Å². The van der Waals surface area contributed by atoms with Crippen LogP contribution in [-0.4, -0.2) is 26.1 Å². The van der Waals surface area contributed by atoms with Crippen molar-refractivity contribution in [1.82, 2.24) is 20.2 Å². The Morgan fingerprint density at radius 3 is 2.72 bits per heavy atom. The van der Waals surface area contributed by atoms with Gasteiger partial charge in [0.25, 0.3) is 5.91 Å². The van der Waals surface area contributed by atoms with Gasteiger partial charge in [-0.2, -0.15) is 0 Å². The molecule has 0 aromatic carbocycles. The number of aromatic amines is 1. The molecule has 1 amide bonds. The molecule has 0 fully saturated rings. The van der Waals surface area contributed by atoms with Gasteiger partial charge in [-0.15, -0.1) is 5.10 Å². The first-order chi connectivity index (χ1) is 8.56. The van der Waals surface area contributed by atoms with Gasteiger partial charge in [0.1, 0.15) is 11.6 Å². The van der Waals surface area contributed by atoms with E-state index >= 15 is 0 Å². The van der Waals surface area contributed by atoms with Gasteiger partial charge in [0.05, 0.1) is 0 Å². The SMILES string of the molecule is Cc1cccc(NC(=O)c2n[nH]c(C(C)C)n2)n1. The largest absolute Gasteiger partial charge is 0.304 e. The standard InChI is InChI=1S/C12H15N5O/c1-7(2)10-15-11(17-16-10)12(18)14-9-6-4-5-8(3)13-9/h4-7H,1-3H3,(H,13,14,18)(H,15,16,17). The van der Waals surface area contributed by atoms with Crippen molar-refractivity contribution in [3.05, 3.63) is 35.5 Å². The molecule has 0 unspecified atom stereocenters. The average molecular weight is 245 g/mol. The molecule has 0 aliphatic rings. The second kappa shape index (κ2) is 4.95. The first kappa shape index (κ1) is 12.2. The molecule has 94 valence electrons. The summed E-state index contributed by atoms with van der Waals surface area (Å²) in [6.45, 7) is 5.81. The van der Waals surface area contributed by atoms with Gasteiger partial charge in [-0.3, -0.25) is 9.89 Å². The molecule has 6 nitrogen and oxygen atoms in total. The molecule has 2 aromatic heterocycles. The number of aromatic nitrogens is 4. The quantitative estimate of drug-likeness (QED) is 0.864. The molecule has 18 heavy (non-hydrogen) atoms. The van der Waals surface area contributed by atoms with Gasteiger partial charge < -0.3 is 5.32 Å². The third-order valence-corrected chi connectivity index (χ3v) is 2.38. The van der Waals surface area contributed by atoms with E-state index in [1.165, 1.54) is 0 Å². The van der Waals surface area contributed by atoms with Crippen molar-refractivity contribution < 1.29 is 4.79 Å². The van der Waals surface area contributed by atoms with E-state index in [0.29, 0.717) is 11.6 Å². The summed E-state index contributed by atoms with van der Waals surface area (Å²) in [6.07, 6.45) is 0. The summed E-state index contributed by atoms with van der Waals surface area (Å²) in [6, 6.07) is 5.41. The molecule has 2 N–H and O–H groups in total. The third-order valence-electron chi connectivity index (χ3n) is 2.38. The number of hydrogen-bond acceptors (Lipinski definition) is 4. The number of anilines is 1. The summed E-state index contributed by atoms with van der Waals surface area (Å²) in [5.74, 6) is 1.16. The van der Waals surface area contributed by atoms with Crippen LogP contribution >= 0.6 is 0 Å². The monoisotopic (exact) mass is 245 g/mol. The van der Waals surface area contributed by atoms with E-state index in [-0.39, 0.29) is 17.6 Å². The molecule has 0 radical (unpaired) electrons. The van der Waals surface area contributed by atoms with E-state index in [1.807, 2.05) is 32.9 Å². The Bertz CT molecular complexity index is 561. The summed E-state index contributed by atoms with van der Waals surface area (Å²) < 4.78 is 0. The molecule has 0 spiro atoms. The maximum Gasteiger partial charge on any atom is 0.296 e. The molecule has 0 saturated carbocycles. The number of amides is 1. The molecule has 0 saturated heterocycles. The van der Waals surface area contributed by atoms with Gasteiger partial charge in [-0.05, 0) is 19.1 Å². The maximum absolute atomic E-state index is 11.9. The fourth-order valence-corrected chi connectivity index (χ4v) is 1.42. The second-order valence-corrected chi connectivity index (χ2v) is 4.32. The minimum Gasteiger partial charge on any atom is -0.304 e. The van der Waals surface area contributed by atoms with Crippen LogP contribution < -0.4 is 5.32 Å². The Morgan fingerprint density at radius 1 is 1.33 bits per heavy atom. The molecule has 0 aliphatic carbocycles. The number of carbonyl (C=O) groups is 1. The Morgan fingerprint density at radius 2 is 2.11 bits per heavy atom. The predicted molar refractivity (Wildman–Crippen MR) is 67.4 cm³/mol. The molecule has 2 rings (SSSR count). The Hall–Kier alpha value is -2.24. The third kappa shape index (κ3) is 2.71. The van der Waals surface area contributed by atoms with Gasteiger partial charge in [-0.1, -0.05) is 19.9 Å². The van der Waals surface area contributed by atoms with Crippen LogP contribution in [0.3, 0.4) is 0 Å². The lowest BCUT2D eigenvalue weighted by Gasteiger charge is -2.01. The normalized spacial score (nSPS) is 10.7. The zero-order chi connectivity index (χ0) is 13.1. The lowest BCUT2D eigenvalue weighted by molar-refractivity contribution is 0.101. The second-order valence-electron chi connectivity index (χ2n) is 4.32. The van der Waals surface area contributed by atoms with Crippen LogP contribution in [0.15, 0.2) is 18.2 Å². The molecular weight excluding hydrogens is 230 g/mol. The van der Waals surface area contributed by atoms with Gasteiger partial charge in [0.15, 0.2) is 0 Å². The van der Waals surface area contributed by atoms with E-state index in [4.69, 9.17) is 0 Å². The van der Waals surface area contributed by atoms with E-state index in [0.717, 1.165) is 5.69 Å². The van der Waals surface area contributed by atoms with Crippen molar-refractivity contribution in [3.63, 3.8) is 0 Å². The molecule has 2 aromatic rings. The fraction of sp³-hybridized carbons (Fsp3) is 0.333. The zero-order valence-electron chi connectivity index (χ0n) is 10.6. The highest BCUT2D eigenvalue weighted by molar-refractivity contribution is 6.00. The van der Waals surface area contributed by atoms with Crippen LogP contribution in [-0.2, 0) is 0 Å². The smallest absolute Gasteiger partial charge is 0.296 e. The van der Waals surface area contributed by atoms with Crippen molar-refractivity contribution in [1.29, 1.82) is 0 Å². The predicted octanol–water partition coefficient (Wildman–Crippen LogP) is 1.88. The fourth-order valence-electron chi connectivity index (χ4n) is 1.42. The number of carbonyl (C=O) groups excluding carboxylic acids is 1. The van der Waals surface area contributed by atoms with Crippen LogP contribution in [0.2, 0.25) is 0 Å². The lowest BCUT2D eigenvalue weighted by atomic mass is 10.2. The molecule has 6 heteroatoms. The molecule has 2 heterocycles. The molecule has 0 aliphatic heterocycles. The van der Waals surface area contributed by atoms with Crippen molar-refractivity contribution in [3.8, 4) is 0 Å². The van der Waals surface area contributed by atoms with Crippen LogP contribution in [0.25, 0.3) is 0 Å². The zero-order valence-corrected chi connectivity index (χ0v) is 10.6. The van der Waals surface area contributed by atoms with E-state index in [2.05, 4.69) is 25.5 Å². The highest BCUT2D eigenvalue weighted by Crippen LogP contribution is 2.09. The number of H-pyrrole nitrogens is 1. The highest BCUT2D eigenvalue weighted by Gasteiger charge is 2.14. The highest BCUT2D eigenvalue weighted by atomic mass is 16.2. The van der Waals surface area contributed by atoms with E-state index in [9.17, 15) is 4.79 Å². The van der Waals surface area contributed by atoms with Crippen LogP contribution in [0.5, 0.6) is 0 Å². The van der Waals surface area contributed by atoms with Crippen molar-refractivity contribution >= 4 is 11.7 Å². The Balaban J connectivity index is 2.12. The van der Waals surface area contributed by atoms with Crippen molar-refractivity contribution in [2.45, 2.75) is 26.7 Å². The van der Waals surface area contributed by atoms with E-state index in [1.54, 1.807) is 6.07 Å². The number of aryl methyl sites for hydroxylation is 1. The summed E-state index contributed by atoms with van der Waals surface area (Å²) in [4.78, 5) is 20.2. The summed E-state index contributed by atoms with van der Waals surface area (Å²) in [5, 5.41) is 9.28. The van der Waals surface area contributed by atoms with Crippen LogP contribution in [0.1, 0.15) is 41.9 Å². The minimum atomic E-state index is -0.365. The number of rotatable bonds is 3. The average Bonchev–Trinajstić information content (AvgIpc) is 2.78. The number of nitrogens with zero attached hydrogens (tertiary/aromatic N) is 3. The summed E-state index contributed by atoms with van der Waals surface area (Å²) >= 11 is 0. The number of nitrogens with one attached hydrogen (secondary N) is 2. The van der Waals surface area contributed by atoms with Crippen molar-refractivity contribution in [2.75, 3.05) is 5.32 Å². The summed E-state index contributed by atoms with van der Waals surface area (Å²) in [5.41, 5.74) is 0.839. The first-order valence-corrected chi connectivity index (χ1v) is 5.73. The molecular formula is C12H15N5O. The van der Waals surface area contributed by atoms with E-state index < -0.39 is 0 Å². The summed E-state index contributed by atoms with van der Waals surface area (Å²) in [7, 11) is 0. The molecule has 0 bridgehead atoms. The Kier molecular flexibility index (Phi) is 3.36. The van der Waals surface area contributed by atoms with Crippen LogP contribution in [0.4, 0.5) is 5.82 Å².